The third-order valence-electron chi connectivity index (χ3n) is 5.24. The summed E-state index contributed by atoms with van der Waals surface area (Å²) >= 11 is 0. The molecule has 2 heterocycles. The van der Waals surface area contributed by atoms with E-state index in [9.17, 15) is 17.4 Å². The van der Waals surface area contributed by atoms with Gasteiger partial charge in [0.05, 0.1) is 28.5 Å². The van der Waals surface area contributed by atoms with Crippen LogP contribution in [-0.2, 0) is 36.3 Å². The van der Waals surface area contributed by atoms with Crippen molar-refractivity contribution in [3.8, 4) is 11.4 Å². The van der Waals surface area contributed by atoms with Gasteiger partial charge in [-0.3, -0.25) is 17.8 Å². The number of amides is 1. The first kappa shape index (κ1) is 24.1. The Bertz CT molecular complexity index is 1340. The fraction of sp³-hybridized carbons (Fsp3) is 0.304. The number of aryl methyl sites for hydroxylation is 2. The Hall–Kier alpha value is -3.02. The number of aromatic nitrogens is 2. The normalized spacial score (nSPS) is 15.3. The first-order valence-corrected chi connectivity index (χ1v) is 13.7. The van der Waals surface area contributed by atoms with Gasteiger partial charge < -0.3 is 10.1 Å². The maximum Gasteiger partial charge on any atom is 0.264 e. The molecule has 180 valence electrons. The number of benzene rings is 2. The maximum absolute atomic E-state index is 13.2. The van der Waals surface area contributed by atoms with Gasteiger partial charge in [-0.25, -0.2) is 4.98 Å². The van der Waals surface area contributed by atoms with Gasteiger partial charge >= 0.3 is 0 Å². The highest BCUT2D eigenvalue weighted by Crippen LogP contribution is 2.27. The number of ether oxygens (including phenoxy) is 1. The van der Waals surface area contributed by atoms with Crippen LogP contribution in [0.4, 0.5) is 5.69 Å². The van der Waals surface area contributed by atoms with Crippen LogP contribution >= 0.6 is 0 Å². The van der Waals surface area contributed by atoms with Gasteiger partial charge in [0, 0.05) is 24.5 Å². The standard InChI is InChI=1S/C23H25N3O6S2/c1-16-5-3-4-6-21(16)26-12-11-24-23(26)33(28)15-19(32-34(2,29)30)14-31-18-8-9-20-17(13-18)7-10-22(27)25-20/h3-6,8-9,11-13,19H,7,10,14-15H2,1-2H3,(H,25,27)/t19-,33-/m1/s1. The third-order valence-corrected chi connectivity index (χ3v) is 7.25. The molecule has 11 heteroatoms. The molecule has 0 bridgehead atoms. The van der Waals surface area contributed by atoms with Crippen LogP contribution < -0.4 is 10.1 Å². The van der Waals surface area contributed by atoms with Crippen LogP contribution in [-0.4, -0.2) is 52.8 Å². The van der Waals surface area contributed by atoms with Crippen LogP contribution in [0.1, 0.15) is 17.5 Å². The lowest BCUT2D eigenvalue weighted by Gasteiger charge is -2.20. The Kier molecular flexibility index (Phi) is 7.15. The predicted octanol–water partition coefficient (Wildman–Crippen LogP) is 2.60. The van der Waals surface area contributed by atoms with E-state index < -0.39 is 27.0 Å². The molecule has 1 amide bonds. The van der Waals surface area contributed by atoms with E-state index in [0.29, 0.717) is 23.7 Å². The second-order valence-corrected chi connectivity index (χ2v) is 11.0. The van der Waals surface area contributed by atoms with Gasteiger partial charge in [-0.1, -0.05) is 18.2 Å². The number of carbonyl (C=O) groups excluding carboxylic acids is 1. The van der Waals surface area contributed by atoms with Crippen LogP contribution in [0, 0.1) is 6.92 Å². The number of anilines is 1. The van der Waals surface area contributed by atoms with Gasteiger partial charge in [-0.15, -0.1) is 0 Å². The number of nitrogens with zero attached hydrogens (tertiary/aromatic N) is 2. The molecule has 0 aliphatic carbocycles. The molecule has 2 aromatic carbocycles. The number of imidazole rings is 1. The summed E-state index contributed by atoms with van der Waals surface area (Å²) in [7, 11) is -5.49. The Morgan fingerprint density at radius 2 is 2.00 bits per heavy atom. The monoisotopic (exact) mass is 503 g/mol. The number of rotatable bonds is 9. The highest BCUT2D eigenvalue weighted by Gasteiger charge is 2.24. The second kappa shape index (κ2) is 10.1. The van der Waals surface area contributed by atoms with Crippen molar-refractivity contribution in [1.82, 2.24) is 9.55 Å². The predicted molar refractivity (Wildman–Crippen MR) is 128 cm³/mol. The van der Waals surface area contributed by atoms with Gasteiger partial charge in [-0.2, -0.15) is 8.42 Å². The van der Waals surface area contributed by atoms with Gasteiger partial charge in [0.1, 0.15) is 18.5 Å². The van der Waals surface area contributed by atoms with Crippen LogP contribution in [0.2, 0.25) is 0 Å². The molecule has 0 spiro atoms. The average molecular weight is 504 g/mol. The molecule has 34 heavy (non-hydrogen) atoms. The SMILES string of the molecule is Cc1ccccc1-n1ccnc1[S@](=O)C[C@@H](COc1ccc2c(c1)CCC(=O)N2)OS(C)(=O)=O. The van der Waals surface area contributed by atoms with Crippen molar-refractivity contribution in [2.75, 3.05) is 23.9 Å². The Morgan fingerprint density at radius 3 is 2.76 bits per heavy atom. The van der Waals surface area contributed by atoms with Crippen LogP contribution in [0.15, 0.2) is 60.0 Å². The lowest BCUT2D eigenvalue weighted by molar-refractivity contribution is -0.116. The molecule has 0 radical (unpaired) electrons. The highest BCUT2D eigenvalue weighted by atomic mass is 32.2. The minimum atomic E-state index is -3.82. The van der Waals surface area contributed by atoms with Crippen LogP contribution in [0.5, 0.6) is 5.75 Å². The van der Waals surface area contributed by atoms with Crippen molar-refractivity contribution >= 4 is 32.5 Å². The van der Waals surface area contributed by atoms with Crippen molar-refractivity contribution in [3.05, 3.63) is 66.0 Å². The minimum absolute atomic E-state index is 0.0330. The zero-order valence-electron chi connectivity index (χ0n) is 18.8. The summed E-state index contributed by atoms with van der Waals surface area (Å²) < 4.78 is 49.6. The van der Waals surface area contributed by atoms with Crippen molar-refractivity contribution in [3.63, 3.8) is 0 Å². The molecular formula is C23H25N3O6S2. The lowest BCUT2D eigenvalue weighted by Crippen LogP contribution is -2.31. The average Bonchev–Trinajstić information content (AvgIpc) is 3.26. The first-order valence-electron chi connectivity index (χ1n) is 10.6. The van der Waals surface area contributed by atoms with Gasteiger partial charge in [-0.05, 0) is 48.7 Å². The second-order valence-electron chi connectivity index (χ2n) is 7.98. The summed E-state index contributed by atoms with van der Waals surface area (Å²) in [6.07, 6.45) is 4.20. The minimum Gasteiger partial charge on any atom is -0.491 e. The fourth-order valence-electron chi connectivity index (χ4n) is 3.71. The van der Waals surface area contributed by atoms with Crippen molar-refractivity contribution < 1.29 is 26.3 Å². The quantitative estimate of drug-likeness (QED) is 0.446. The summed E-state index contributed by atoms with van der Waals surface area (Å²) in [5.74, 6) is 0.343. The molecular weight excluding hydrogens is 478 g/mol. The Morgan fingerprint density at radius 1 is 1.21 bits per heavy atom. The van der Waals surface area contributed by atoms with Gasteiger partial charge in [0.25, 0.3) is 10.1 Å². The van der Waals surface area contributed by atoms with E-state index in [-0.39, 0.29) is 18.3 Å². The van der Waals surface area contributed by atoms with E-state index in [4.69, 9.17) is 8.92 Å². The maximum atomic E-state index is 13.2. The van der Waals surface area contributed by atoms with Crippen LogP contribution in [0.25, 0.3) is 5.69 Å². The number of hydrogen-bond donors (Lipinski definition) is 1. The summed E-state index contributed by atoms with van der Waals surface area (Å²) in [5.41, 5.74) is 3.48. The molecule has 9 nitrogen and oxygen atoms in total. The van der Waals surface area contributed by atoms with Gasteiger partial charge in [0.2, 0.25) is 11.1 Å². The largest absolute Gasteiger partial charge is 0.491 e. The lowest BCUT2D eigenvalue weighted by atomic mass is 10.0. The van der Waals surface area contributed by atoms with Gasteiger partial charge in [0.15, 0.2) is 0 Å². The Labute approximate surface area is 200 Å². The summed E-state index contributed by atoms with van der Waals surface area (Å²) in [6.45, 7) is 1.81. The van der Waals surface area contributed by atoms with E-state index in [1.807, 2.05) is 31.2 Å². The molecule has 1 aliphatic heterocycles. The molecule has 1 aliphatic rings. The highest BCUT2D eigenvalue weighted by molar-refractivity contribution is 7.86. The number of para-hydroxylation sites is 1. The molecule has 0 saturated carbocycles. The number of fused-ring (bicyclic) bond motifs is 1. The molecule has 1 aromatic heterocycles. The van der Waals surface area contributed by atoms with Crippen molar-refractivity contribution in [1.29, 1.82) is 0 Å². The van der Waals surface area contributed by atoms with Crippen molar-refractivity contribution in [2.45, 2.75) is 31.0 Å². The topological polar surface area (TPSA) is 117 Å². The molecule has 3 aromatic rings. The number of nitrogens with one attached hydrogen (secondary N) is 1. The summed E-state index contributed by atoms with van der Waals surface area (Å²) in [5, 5.41) is 3.09. The molecule has 0 fully saturated rings. The first-order chi connectivity index (χ1) is 16.2. The Balaban J connectivity index is 1.50. The summed E-state index contributed by atoms with van der Waals surface area (Å²) in [4.78, 5) is 15.8. The van der Waals surface area contributed by atoms with E-state index in [0.717, 1.165) is 28.8 Å². The number of hydrogen-bond acceptors (Lipinski definition) is 7. The molecule has 0 unspecified atom stereocenters. The zero-order chi connectivity index (χ0) is 24.3. The molecule has 0 saturated heterocycles. The number of carbonyl (C=O) groups is 1. The summed E-state index contributed by atoms with van der Waals surface area (Å²) in [6, 6.07) is 12.8. The molecule has 4 rings (SSSR count). The molecule has 2 atom stereocenters. The zero-order valence-corrected chi connectivity index (χ0v) is 20.4. The van der Waals surface area contributed by atoms with E-state index in [2.05, 4.69) is 10.3 Å². The van der Waals surface area contributed by atoms with E-state index in [1.54, 1.807) is 35.2 Å². The molecule has 1 N–H and O–H groups in total. The fourth-order valence-corrected chi connectivity index (χ4v) is 5.62. The van der Waals surface area contributed by atoms with E-state index >= 15 is 0 Å². The van der Waals surface area contributed by atoms with Crippen molar-refractivity contribution in [2.24, 2.45) is 0 Å². The van der Waals surface area contributed by atoms with Crippen LogP contribution in [0.3, 0.4) is 0 Å². The third kappa shape index (κ3) is 5.91. The van der Waals surface area contributed by atoms with E-state index in [1.165, 1.54) is 0 Å². The smallest absolute Gasteiger partial charge is 0.264 e.